The van der Waals surface area contributed by atoms with Gasteiger partial charge in [0.15, 0.2) is 0 Å². The molecule has 0 aliphatic rings. The lowest BCUT2D eigenvalue weighted by molar-refractivity contribution is 0.0511. The van der Waals surface area contributed by atoms with E-state index in [1.165, 1.54) is 6.20 Å². The number of pyridine rings is 1. The number of nitrogens with zero attached hydrogens (tertiary/aromatic N) is 4. The molecular weight excluding hydrogens is 672 g/mol. The second-order valence-corrected chi connectivity index (χ2v) is 10.8. The second kappa shape index (κ2) is 23.1. The normalized spacial score (nSPS) is 10.7. The number of methoxy groups -OCH3 is 1. The summed E-state index contributed by atoms with van der Waals surface area (Å²) in [6, 6.07) is 17.7. The van der Waals surface area contributed by atoms with Gasteiger partial charge in [0, 0.05) is 55.5 Å². The SMILES string of the molecule is COc1ccc(Nc2nc(NCCOCCOCCNC(=O)c3cccnc3)nc(Nc3ccc(C(=O)NCCOCCOCCN)cc3)n2)cc1. The minimum Gasteiger partial charge on any atom is -0.497 e. The smallest absolute Gasteiger partial charge is 0.252 e. The fourth-order valence-electron chi connectivity index (χ4n) is 4.34. The zero-order valence-electron chi connectivity index (χ0n) is 29.1. The molecule has 0 saturated heterocycles. The maximum atomic E-state index is 12.6. The third kappa shape index (κ3) is 14.8. The molecular formula is C35H46N10O7. The van der Waals surface area contributed by atoms with Crippen molar-refractivity contribution in [3.05, 3.63) is 84.2 Å². The van der Waals surface area contributed by atoms with Gasteiger partial charge < -0.3 is 56.0 Å². The van der Waals surface area contributed by atoms with E-state index in [4.69, 9.17) is 29.4 Å². The Labute approximate surface area is 302 Å². The van der Waals surface area contributed by atoms with Gasteiger partial charge in [0.1, 0.15) is 5.75 Å². The van der Waals surface area contributed by atoms with E-state index in [-0.39, 0.29) is 17.8 Å². The predicted octanol–water partition coefficient (Wildman–Crippen LogP) is 2.36. The average molecular weight is 719 g/mol. The molecule has 0 radical (unpaired) electrons. The lowest BCUT2D eigenvalue weighted by Crippen LogP contribution is -2.27. The maximum Gasteiger partial charge on any atom is 0.252 e. The molecule has 4 aromatic rings. The van der Waals surface area contributed by atoms with Crippen molar-refractivity contribution >= 4 is 41.0 Å². The Kier molecular flexibility index (Phi) is 17.5. The van der Waals surface area contributed by atoms with Crippen molar-refractivity contribution in [2.75, 3.05) is 102 Å². The number of hydrogen-bond donors (Lipinski definition) is 6. The topological polar surface area (TPSA) is 218 Å². The number of anilines is 5. The van der Waals surface area contributed by atoms with Crippen LogP contribution in [0.15, 0.2) is 73.1 Å². The van der Waals surface area contributed by atoms with Crippen molar-refractivity contribution in [3.8, 4) is 5.75 Å². The van der Waals surface area contributed by atoms with E-state index in [1.807, 2.05) is 24.3 Å². The van der Waals surface area contributed by atoms with E-state index >= 15 is 0 Å². The molecule has 0 spiro atoms. The van der Waals surface area contributed by atoms with E-state index in [2.05, 4.69) is 46.5 Å². The lowest BCUT2D eigenvalue weighted by atomic mass is 10.2. The van der Waals surface area contributed by atoms with E-state index in [1.54, 1.807) is 49.7 Å². The molecule has 0 aliphatic heterocycles. The monoisotopic (exact) mass is 718 g/mol. The highest BCUT2D eigenvalue weighted by Crippen LogP contribution is 2.21. The zero-order valence-corrected chi connectivity index (χ0v) is 29.1. The summed E-state index contributed by atoms with van der Waals surface area (Å²) < 4.78 is 27.1. The number of ether oxygens (including phenoxy) is 5. The van der Waals surface area contributed by atoms with Crippen molar-refractivity contribution in [2.24, 2.45) is 5.73 Å². The molecule has 17 nitrogen and oxygen atoms in total. The first-order chi connectivity index (χ1) is 25.5. The number of nitrogens with one attached hydrogen (secondary N) is 5. The van der Waals surface area contributed by atoms with Gasteiger partial charge in [0.25, 0.3) is 11.8 Å². The Morgan fingerprint density at radius 3 is 1.67 bits per heavy atom. The highest BCUT2D eigenvalue weighted by Gasteiger charge is 2.10. The molecule has 4 rings (SSSR count). The van der Waals surface area contributed by atoms with Crippen LogP contribution in [0.25, 0.3) is 0 Å². The van der Waals surface area contributed by atoms with Gasteiger partial charge in [-0.15, -0.1) is 0 Å². The molecule has 278 valence electrons. The summed E-state index contributed by atoms with van der Waals surface area (Å²) in [5, 5.41) is 15.1. The van der Waals surface area contributed by atoms with Gasteiger partial charge in [-0.1, -0.05) is 0 Å². The van der Waals surface area contributed by atoms with Crippen LogP contribution in [0, 0.1) is 0 Å². The Morgan fingerprint density at radius 1 is 0.615 bits per heavy atom. The number of amides is 2. The summed E-state index contributed by atoms with van der Waals surface area (Å²) >= 11 is 0. The van der Waals surface area contributed by atoms with E-state index in [0.717, 1.165) is 11.4 Å². The highest BCUT2D eigenvalue weighted by molar-refractivity contribution is 5.94. The van der Waals surface area contributed by atoms with Crippen LogP contribution in [0.5, 0.6) is 5.75 Å². The summed E-state index contributed by atoms with van der Waals surface area (Å²) in [5.74, 6) is 1.21. The number of nitrogens with two attached hydrogens (primary N) is 1. The standard InChI is InChI=1S/C35H46N10O7/c1-48-30-10-8-29(9-11-30)42-35-44-33(40-16-20-52-24-23-51-19-15-39-32(47)27-3-2-13-37-25-27)43-34(45-35)41-28-6-4-26(5-7-28)31(46)38-14-18-50-22-21-49-17-12-36/h2-11,13,25H,12,14-24,36H2,1H3,(H,38,46)(H,39,47)(H3,40,41,42,43,44,45). The molecule has 2 amide bonds. The lowest BCUT2D eigenvalue weighted by Gasteiger charge is -2.12. The van der Waals surface area contributed by atoms with Crippen LogP contribution in [-0.4, -0.2) is 118 Å². The number of carbonyl (C=O) groups is 2. The van der Waals surface area contributed by atoms with Gasteiger partial charge >= 0.3 is 0 Å². The van der Waals surface area contributed by atoms with Crippen LogP contribution in [-0.2, 0) is 18.9 Å². The van der Waals surface area contributed by atoms with Gasteiger partial charge in [-0.05, 0) is 60.7 Å². The first kappa shape index (κ1) is 39.3. The fourth-order valence-corrected chi connectivity index (χ4v) is 4.34. The van der Waals surface area contributed by atoms with Crippen molar-refractivity contribution in [2.45, 2.75) is 0 Å². The van der Waals surface area contributed by atoms with Crippen LogP contribution in [0.2, 0.25) is 0 Å². The molecule has 2 heterocycles. The first-order valence-corrected chi connectivity index (χ1v) is 16.8. The predicted molar refractivity (Wildman–Crippen MR) is 196 cm³/mol. The van der Waals surface area contributed by atoms with Gasteiger partial charge in [0.05, 0.1) is 65.5 Å². The number of hydrogen-bond acceptors (Lipinski definition) is 15. The summed E-state index contributed by atoms with van der Waals surface area (Å²) in [6.07, 6.45) is 3.13. The molecule has 17 heteroatoms. The minimum atomic E-state index is -0.216. The molecule has 7 N–H and O–H groups in total. The van der Waals surface area contributed by atoms with Gasteiger partial charge in [-0.3, -0.25) is 14.6 Å². The van der Waals surface area contributed by atoms with Crippen molar-refractivity contribution in [1.29, 1.82) is 0 Å². The Bertz CT molecular complexity index is 1620. The van der Waals surface area contributed by atoms with Gasteiger partial charge in [0.2, 0.25) is 17.8 Å². The maximum absolute atomic E-state index is 12.6. The summed E-state index contributed by atoms with van der Waals surface area (Å²) in [4.78, 5) is 42.1. The van der Waals surface area contributed by atoms with Crippen LogP contribution in [0.3, 0.4) is 0 Å². The van der Waals surface area contributed by atoms with Gasteiger partial charge in [-0.2, -0.15) is 15.0 Å². The Hall–Kier alpha value is -5.46. The third-order valence-corrected chi connectivity index (χ3v) is 6.91. The van der Waals surface area contributed by atoms with Crippen LogP contribution < -0.4 is 37.1 Å². The summed E-state index contributed by atoms with van der Waals surface area (Å²) in [6.45, 7) is 4.87. The quantitative estimate of drug-likeness (QED) is 0.0542. The molecule has 0 unspecified atom stereocenters. The number of carbonyl (C=O) groups excluding carboxylic acids is 2. The Balaban J connectivity index is 1.22. The third-order valence-electron chi connectivity index (χ3n) is 6.91. The average Bonchev–Trinajstić information content (AvgIpc) is 3.17. The summed E-state index contributed by atoms with van der Waals surface area (Å²) in [5.41, 5.74) is 7.80. The van der Waals surface area contributed by atoms with E-state index in [0.29, 0.717) is 108 Å². The van der Waals surface area contributed by atoms with Crippen molar-refractivity contribution < 1.29 is 33.3 Å². The fraction of sp³-hybridized carbons (Fsp3) is 0.371. The number of benzene rings is 2. The number of aromatic nitrogens is 4. The summed E-state index contributed by atoms with van der Waals surface area (Å²) in [7, 11) is 1.60. The van der Waals surface area contributed by atoms with Crippen LogP contribution >= 0.6 is 0 Å². The molecule has 52 heavy (non-hydrogen) atoms. The number of rotatable bonds is 25. The Morgan fingerprint density at radius 2 is 1.13 bits per heavy atom. The van der Waals surface area contributed by atoms with Crippen LogP contribution in [0.4, 0.5) is 29.2 Å². The van der Waals surface area contributed by atoms with Crippen molar-refractivity contribution in [1.82, 2.24) is 30.6 Å². The van der Waals surface area contributed by atoms with Crippen molar-refractivity contribution in [3.63, 3.8) is 0 Å². The molecule has 0 fully saturated rings. The van der Waals surface area contributed by atoms with E-state index in [9.17, 15) is 9.59 Å². The highest BCUT2D eigenvalue weighted by atomic mass is 16.5. The molecule has 2 aromatic heterocycles. The minimum absolute atomic E-state index is 0.199. The van der Waals surface area contributed by atoms with Gasteiger partial charge in [-0.25, -0.2) is 0 Å². The molecule has 0 aliphatic carbocycles. The van der Waals surface area contributed by atoms with E-state index < -0.39 is 0 Å². The largest absolute Gasteiger partial charge is 0.497 e. The molecule has 2 aromatic carbocycles. The molecule has 0 saturated carbocycles. The van der Waals surface area contributed by atoms with Crippen LogP contribution in [0.1, 0.15) is 20.7 Å². The molecule has 0 atom stereocenters. The second-order valence-electron chi connectivity index (χ2n) is 10.8. The first-order valence-electron chi connectivity index (χ1n) is 16.8. The molecule has 0 bridgehead atoms. The zero-order chi connectivity index (χ0) is 36.6.